The largest absolute Gasteiger partial charge is 0.481 e. The number of carboxylic acid groups (broad SMARTS) is 1. The van der Waals surface area contributed by atoms with Crippen molar-refractivity contribution in [2.24, 2.45) is 11.3 Å². The van der Waals surface area contributed by atoms with Gasteiger partial charge in [-0.2, -0.15) is 0 Å². The van der Waals surface area contributed by atoms with Gasteiger partial charge in [-0.05, 0) is 6.92 Å². The molecule has 35 heavy (non-hydrogen) atoms. The van der Waals surface area contributed by atoms with Crippen molar-refractivity contribution in [1.82, 2.24) is 36.1 Å². The number of nitrogens with one attached hydrogen (secondary N) is 3. The lowest BCUT2D eigenvalue weighted by molar-refractivity contribution is -0.157. The van der Waals surface area contributed by atoms with E-state index < -0.39 is 46.7 Å². The summed E-state index contributed by atoms with van der Waals surface area (Å²) in [6, 6.07) is -2.92. The number of hydrogen-bond acceptors (Lipinski definition) is 13. The average molecular weight is 560 g/mol. The lowest BCUT2D eigenvalue weighted by Crippen LogP contribution is -2.74. The number of urea groups is 1. The summed E-state index contributed by atoms with van der Waals surface area (Å²) in [5, 5.41) is 25.0. The number of hydrogen-bond donors (Lipinski definition) is 6. The number of aryl methyl sites for hydroxylation is 1. The van der Waals surface area contributed by atoms with Gasteiger partial charge in [-0.15, -0.1) is 33.3 Å². The molecule has 3 unspecified atom stereocenters. The monoisotopic (exact) mass is 559 g/mol. The van der Waals surface area contributed by atoms with Gasteiger partial charge in [0, 0.05) is 23.4 Å². The van der Waals surface area contributed by atoms with Crippen molar-refractivity contribution in [3.63, 3.8) is 0 Å². The van der Waals surface area contributed by atoms with Gasteiger partial charge in [-0.25, -0.2) is 15.6 Å². The summed E-state index contributed by atoms with van der Waals surface area (Å²) in [7, 11) is 0. The van der Waals surface area contributed by atoms with Crippen LogP contribution in [0.5, 0.6) is 0 Å². The number of aliphatic carboxylic acids is 1. The van der Waals surface area contributed by atoms with Gasteiger partial charge in [0.15, 0.2) is 15.5 Å². The fourth-order valence-corrected chi connectivity index (χ4v) is 7.82. The van der Waals surface area contributed by atoms with E-state index in [-0.39, 0.29) is 28.9 Å². The van der Waals surface area contributed by atoms with Crippen LogP contribution in [0.2, 0.25) is 0 Å². The average Bonchev–Trinajstić information content (AvgIpc) is 3.46. The van der Waals surface area contributed by atoms with Crippen molar-refractivity contribution in [2.45, 2.75) is 28.7 Å². The summed E-state index contributed by atoms with van der Waals surface area (Å²) < 4.78 is 0.665. The standard InChI is InChI=1S/C17H21N9O5S4/c1-6-24-25-16(35-6)34-5-17(13(29)30)3-26-11(28)9(12(26)33-4-17)21-10(27)8(22-15(31)23-19)7-2-32-14(18)20-7/h2,8-9,12H,3-5,19H2,1H3,(H2,18,20)(H,21,27)(H,29,30)(H2,22,23,31)/t8?,9?,12-,17?/m1/s1. The van der Waals surface area contributed by atoms with Gasteiger partial charge in [0.2, 0.25) is 11.8 Å². The summed E-state index contributed by atoms with van der Waals surface area (Å²) >= 11 is 5.04. The third-order valence-corrected chi connectivity index (χ3v) is 9.92. The highest BCUT2D eigenvalue weighted by Gasteiger charge is 2.57. The molecular formula is C17H21N9O5S4. The van der Waals surface area contributed by atoms with E-state index in [0.29, 0.717) is 4.34 Å². The van der Waals surface area contributed by atoms with Crippen molar-refractivity contribution in [2.75, 3.05) is 23.8 Å². The summed E-state index contributed by atoms with van der Waals surface area (Å²) in [6.45, 7) is 1.82. The maximum absolute atomic E-state index is 13.0. The number of hydrazine groups is 1. The van der Waals surface area contributed by atoms with Crippen LogP contribution in [-0.4, -0.2) is 78.5 Å². The first-order chi connectivity index (χ1) is 16.6. The van der Waals surface area contributed by atoms with Gasteiger partial charge in [0.1, 0.15) is 21.8 Å². The number of nitrogen functional groups attached to an aromatic ring is 1. The van der Waals surface area contributed by atoms with Crippen LogP contribution in [0.25, 0.3) is 0 Å². The number of amides is 4. The van der Waals surface area contributed by atoms with Crippen LogP contribution in [0, 0.1) is 12.3 Å². The molecule has 0 saturated carbocycles. The fraction of sp³-hybridized carbons (Fsp3) is 0.471. The maximum atomic E-state index is 13.0. The van der Waals surface area contributed by atoms with E-state index in [0.717, 1.165) is 16.3 Å². The molecule has 8 N–H and O–H groups in total. The third kappa shape index (κ3) is 5.15. The highest BCUT2D eigenvalue weighted by Crippen LogP contribution is 2.44. The molecule has 2 aliphatic heterocycles. The van der Waals surface area contributed by atoms with Crippen LogP contribution < -0.4 is 27.6 Å². The van der Waals surface area contributed by atoms with Gasteiger partial charge >= 0.3 is 12.0 Å². The predicted molar refractivity (Wildman–Crippen MR) is 130 cm³/mol. The molecule has 2 saturated heterocycles. The Balaban J connectivity index is 1.42. The molecule has 0 aliphatic carbocycles. The zero-order valence-electron chi connectivity index (χ0n) is 18.1. The number of nitrogens with zero attached hydrogens (tertiary/aromatic N) is 4. The highest BCUT2D eigenvalue weighted by molar-refractivity contribution is 8.01. The van der Waals surface area contributed by atoms with E-state index in [1.807, 2.05) is 12.3 Å². The molecule has 4 heterocycles. The third-order valence-electron chi connectivity index (χ3n) is 5.38. The molecule has 4 amide bonds. The Bertz CT molecular complexity index is 1160. The zero-order chi connectivity index (χ0) is 25.3. The van der Waals surface area contributed by atoms with Crippen LogP contribution in [0.4, 0.5) is 9.93 Å². The molecule has 4 atom stereocenters. The van der Waals surface area contributed by atoms with Crippen molar-refractivity contribution in [1.29, 1.82) is 0 Å². The Morgan fingerprint density at radius 2 is 2.17 bits per heavy atom. The van der Waals surface area contributed by atoms with Crippen LogP contribution in [0.15, 0.2) is 9.72 Å². The van der Waals surface area contributed by atoms with Crippen LogP contribution >= 0.6 is 46.2 Å². The minimum atomic E-state index is -1.23. The summed E-state index contributed by atoms with van der Waals surface area (Å²) in [5.74, 6) is 3.50. The SMILES string of the molecule is Cc1nnc(SCC2(C(=O)O)CS[C@@H]3C(NC(=O)C(NC(=O)NN)c4csc(N)n4)C(=O)N3C2)s1. The molecule has 0 radical (unpaired) electrons. The number of carboxylic acids is 1. The predicted octanol–water partition coefficient (Wildman–Crippen LogP) is -0.638. The van der Waals surface area contributed by atoms with Gasteiger partial charge in [0.05, 0.1) is 5.69 Å². The number of thiazole rings is 1. The fourth-order valence-electron chi connectivity index (χ4n) is 3.56. The number of thioether (sulfide) groups is 2. The zero-order valence-corrected chi connectivity index (χ0v) is 21.4. The Morgan fingerprint density at radius 3 is 2.77 bits per heavy atom. The molecule has 2 aromatic heterocycles. The van der Waals surface area contributed by atoms with Crippen LogP contribution in [-0.2, 0) is 14.4 Å². The number of carbonyl (C=O) groups excluding carboxylic acids is 3. The quantitative estimate of drug-likeness (QED) is 0.0782. The van der Waals surface area contributed by atoms with Gasteiger partial charge in [-0.1, -0.05) is 23.1 Å². The molecule has 0 spiro atoms. The molecule has 188 valence electrons. The van der Waals surface area contributed by atoms with Crippen LogP contribution in [0.1, 0.15) is 16.7 Å². The van der Waals surface area contributed by atoms with E-state index in [4.69, 9.17) is 11.6 Å². The molecule has 14 nitrogen and oxygen atoms in total. The minimum absolute atomic E-state index is 0.00979. The number of anilines is 1. The van der Waals surface area contributed by atoms with E-state index in [1.54, 1.807) is 0 Å². The Kier molecular flexibility index (Phi) is 7.36. The lowest BCUT2D eigenvalue weighted by Gasteiger charge is -2.53. The number of rotatable bonds is 8. The number of carbonyl (C=O) groups is 4. The van der Waals surface area contributed by atoms with Crippen molar-refractivity contribution < 1.29 is 24.3 Å². The highest BCUT2D eigenvalue weighted by atomic mass is 32.2. The smallest absolute Gasteiger partial charge is 0.329 e. The summed E-state index contributed by atoms with van der Waals surface area (Å²) in [6.07, 6.45) is 0. The number of fused-ring (bicyclic) bond motifs is 1. The van der Waals surface area contributed by atoms with E-state index in [1.165, 1.54) is 45.1 Å². The van der Waals surface area contributed by atoms with Crippen molar-refractivity contribution in [3.8, 4) is 0 Å². The normalized spacial score (nSPS) is 24.2. The number of β-lactam (4-membered cyclic amide) rings is 1. The van der Waals surface area contributed by atoms with Crippen molar-refractivity contribution >= 4 is 75.1 Å². The Morgan fingerprint density at radius 1 is 1.40 bits per heavy atom. The molecule has 2 aromatic rings. The molecule has 0 aromatic carbocycles. The molecule has 2 aliphatic rings. The summed E-state index contributed by atoms with van der Waals surface area (Å²) in [4.78, 5) is 55.3. The Hall–Kier alpha value is -2.67. The van der Waals surface area contributed by atoms with Gasteiger partial charge in [-0.3, -0.25) is 19.8 Å². The first-order valence-corrected chi connectivity index (χ1v) is 13.7. The van der Waals surface area contributed by atoms with Gasteiger partial charge in [0.25, 0.3) is 0 Å². The topological polar surface area (TPSA) is 219 Å². The summed E-state index contributed by atoms with van der Waals surface area (Å²) in [5.41, 5.74) is 6.55. The first kappa shape index (κ1) is 25.4. The van der Waals surface area contributed by atoms with E-state index >= 15 is 0 Å². The van der Waals surface area contributed by atoms with E-state index in [2.05, 4.69) is 25.8 Å². The second kappa shape index (κ2) is 10.1. The number of nitrogens with two attached hydrogens (primary N) is 2. The Labute approximate surface area is 215 Å². The van der Waals surface area contributed by atoms with Crippen LogP contribution in [0.3, 0.4) is 0 Å². The minimum Gasteiger partial charge on any atom is -0.481 e. The van der Waals surface area contributed by atoms with E-state index in [9.17, 15) is 24.3 Å². The second-order valence-electron chi connectivity index (χ2n) is 7.78. The maximum Gasteiger partial charge on any atom is 0.329 e. The molecule has 2 fully saturated rings. The number of aromatic nitrogens is 3. The second-order valence-corrected chi connectivity index (χ2v) is 12.2. The lowest BCUT2D eigenvalue weighted by atomic mass is 9.89. The first-order valence-electron chi connectivity index (χ1n) is 10.0. The molecule has 4 rings (SSSR count). The molecule has 18 heteroatoms. The molecule has 0 bridgehead atoms. The van der Waals surface area contributed by atoms with Gasteiger partial charge < -0.3 is 26.4 Å². The van der Waals surface area contributed by atoms with Crippen molar-refractivity contribution in [3.05, 3.63) is 16.1 Å². The molecular weight excluding hydrogens is 539 g/mol.